The number of anilines is 1. The monoisotopic (exact) mass is 352 g/mol. The number of ether oxygens (including phenoxy) is 1. The number of Topliss-reactive ketones (excluding diaryl/α,β-unsaturated/α-hetero) is 1. The standard InChI is InChI=1S/C14H13N3O4S2/c1-7-4-3-5-8(6-7)16-11(19)10(18)9(13(20)21-2)12-17-14(15)23-22-12/h3-6,9,15H,1-2H3,(H,16,19)/p+1/t9-/m1/s1. The van der Waals surface area contributed by atoms with Crippen molar-refractivity contribution in [2.45, 2.75) is 12.8 Å². The molecular formula is C14H14N3O4S2+. The Morgan fingerprint density at radius 1 is 1.30 bits per heavy atom. The number of hydrogen-bond acceptors (Lipinski definition) is 7. The maximum Gasteiger partial charge on any atom is 0.384 e. The Morgan fingerprint density at radius 3 is 2.61 bits per heavy atom. The van der Waals surface area contributed by atoms with Crippen molar-refractivity contribution in [3.05, 3.63) is 39.6 Å². The lowest BCUT2D eigenvalue weighted by Gasteiger charge is -2.09. The first-order valence-corrected chi connectivity index (χ1v) is 8.62. The molecule has 7 nitrogen and oxygen atoms in total. The number of carbonyl (C=O) groups excluding carboxylic acids is 3. The lowest BCUT2D eigenvalue weighted by atomic mass is 10.0. The van der Waals surface area contributed by atoms with Gasteiger partial charge in [-0.3, -0.25) is 19.8 Å². The van der Waals surface area contributed by atoms with Crippen LogP contribution in [0.25, 0.3) is 0 Å². The summed E-state index contributed by atoms with van der Waals surface area (Å²) in [6.07, 6.45) is 0. The SMILES string of the molecule is COC(=O)[C@H](C(=O)C(=O)Nc1cccc(C)c1)c1nc(=[NH2+])ss1. The lowest BCUT2D eigenvalue weighted by Crippen LogP contribution is -2.44. The molecule has 0 aliphatic carbocycles. The van der Waals surface area contributed by atoms with Gasteiger partial charge in [-0.25, -0.2) is 0 Å². The van der Waals surface area contributed by atoms with E-state index in [1.165, 1.54) is 0 Å². The minimum absolute atomic E-state index is 0.142. The number of ketones is 1. The molecule has 0 aliphatic heterocycles. The van der Waals surface area contributed by atoms with Crippen molar-refractivity contribution < 1.29 is 24.5 Å². The molecule has 2 aromatic rings. The Kier molecular flexibility index (Phi) is 5.35. The predicted molar refractivity (Wildman–Crippen MR) is 84.6 cm³/mol. The summed E-state index contributed by atoms with van der Waals surface area (Å²) in [5.41, 5.74) is 1.39. The Hall–Kier alpha value is -2.39. The fraction of sp³-hybridized carbons (Fsp3) is 0.214. The molecule has 0 bridgehead atoms. The third-order valence-corrected chi connectivity index (χ3v) is 5.00. The van der Waals surface area contributed by atoms with E-state index in [1.807, 2.05) is 13.0 Å². The highest BCUT2D eigenvalue weighted by Crippen LogP contribution is 2.22. The molecule has 2 rings (SSSR count). The van der Waals surface area contributed by atoms with Gasteiger partial charge in [0.15, 0.2) is 0 Å². The van der Waals surface area contributed by atoms with Gasteiger partial charge in [0.25, 0.3) is 5.91 Å². The van der Waals surface area contributed by atoms with Crippen LogP contribution in [0.5, 0.6) is 0 Å². The molecule has 0 saturated heterocycles. The predicted octanol–water partition coefficient (Wildman–Crippen LogP) is -0.363. The van der Waals surface area contributed by atoms with E-state index in [1.54, 1.807) is 18.2 Å². The first kappa shape index (κ1) is 17.0. The van der Waals surface area contributed by atoms with E-state index >= 15 is 0 Å². The second-order valence-corrected chi connectivity index (χ2v) is 6.77. The lowest BCUT2D eigenvalue weighted by molar-refractivity contribution is -0.172. The number of nitrogens with two attached hydrogens (primary N) is 1. The number of rotatable bonds is 5. The normalized spacial score (nSPS) is 11.6. The number of amides is 1. The van der Waals surface area contributed by atoms with Crippen molar-refractivity contribution in [1.82, 2.24) is 4.98 Å². The van der Waals surface area contributed by atoms with Gasteiger partial charge in [-0.15, -0.1) is 0 Å². The molecule has 1 atom stereocenters. The first-order valence-electron chi connectivity index (χ1n) is 6.47. The minimum Gasteiger partial charge on any atom is -0.468 e. The van der Waals surface area contributed by atoms with Crippen molar-refractivity contribution in [3.63, 3.8) is 0 Å². The summed E-state index contributed by atoms with van der Waals surface area (Å²) < 4.78 is 4.61. The van der Waals surface area contributed by atoms with Crippen LogP contribution in [-0.4, -0.2) is 29.8 Å². The van der Waals surface area contributed by atoms with Gasteiger partial charge < -0.3 is 10.1 Å². The van der Waals surface area contributed by atoms with Crippen LogP contribution in [0.15, 0.2) is 24.3 Å². The van der Waals surface area contributed by atoms with Crippen LogP contribution in [-0.2, 0) is 19.1 Å². The third kappa shape index (κ3) is 4.08. The van der Waals surface area contributed by atoms with E-state index in [2.05, 4.69) is 15.0 Å². The van der Waals surface area contributed by atoms with Crippen molar-refractivity contribution in [2.24, 2.45) is 0 Å². The zero-order valence-electron chi connectivity index (χ0n) is 12.4. The Labute approximate surface area is 138 Å². The summed E-state index contributed by atoms with van der Waals surface area (Å²) in [6.45, 7) is 1.86. The second-order valence-electron chi connectivity index (χ2n) is 4.60. The molecule has 23 heavy (non-hydrogen) atoms. The zero-order chi connectivity index (χ0) is 17.0. The molecule has 1 aromatic heterocycles. The van der Waals surface area contributed by atoms with E-state index in [4.69, 9.17) is 5.41 Å². The maximum atomic E-state index is 12.4. The molecule has 0 aliphatic rings. The van der Waals surface area contributed by atoms with E-state index in [0.29, 0.717) is 5.69 Å². The fourth-order valence-electron chi connectivity index (χ4n) is 1.83. The molecule has 3 N–H and O–H groups in total. The smallest absolute Gasteiger partial charge is 0.384 e. The van der Waals surface area contributed by atoms with Crippen LogP contribution in [0.4, 0.5) is 5.69 Å². The van der Waals surface area contributed by atoms with Crippen molar-refractivity contribution in [3.8, 4) is 0 Å². The third-order valence-electron chi connectivity index (χ3n) is 2.88. The summed E-state index contributed by atoms with van der Waals surface area (Å²) in [7, 11) is 3.31. The Bertz CT molecular complexity index is 812. The van der Waals surface area contributed by atoms with Gasteiger partial charge in [-0.05, 0) is 39.9 Å². The van der Waals surface area contributed by atoms with Crippen molar-refractivity contribution >= 4 is 44.0 Å². The number of methoxy groups -OCH3 is 1. The number of hydrogen-bond donors (Lipinski definition) is 2. The van der Waals surface area contributed by atoms with Crippen LogP contribution < -0.4 is 15.5 Å². The molecule has 0 saturated carbocycles. The van der Waals surface area contributed by atoms with Crippen molar-refractivity contribution in [1.29, 1.82) is 0 Å². The Morgan fingerprint density at radius 2 is 2.04 bits per heavy atom. The van der Waals surface area contributed by atoms with Gasteiger partial charge in [0.2, 0.25) is 16.7 Å². The summed E-state index contributed by atoms with van der Waals surface area (Å²) >= 11 is 0. The first-order chi connectivity index (χ1) is 10.9. The number of esters is 1. The summed E-state index contributed by atoms with van der Waals surface area (Å²) in [6, 6.07) is 6.96. The van der Waals surface area contributed by atoms with Crippen LogP contribution in [0, 0.1) is 6.92 Å². The summed E-state index contributed by atoms with van der Waals surface area (Å²) in [5, 5.41) is 8.14. The molecule has 0 radical (unpaired) electrons. The fourth-order valence-corrected chi connectivity index (χ4v) is 3.65. The van der Waals surface area contributed by atoms with Crippen LogP contribution in [0.3, 0.4) is 0 Å². The highest BCUT2D eigenvalue weighted by atomic mass is 32.9. The largest absolute Gasteiger partial charge is 0.468 e. The zero-order valence-corrected chi connectivity index (χ0v) is 14.0. The summed E-state index contributed by atoms with van der Waals surface area (Å²) in [4.78, 5) is 40.5. The molecule has 0 unspecified atom stereocenters. The average Bonchev–Trinajstić information content (AvgIpc) is 2.93. The average molecular weight is 352 g/mol. The highest BCUT2D eigenvalue weighted by molar-refractivity contribution is 7.68. The molecule has 9 heteroatoms. The second kappa shape index (κ2) is 7.25. The maximum absolute atomic E-state index is 12.4. The van der Waals surface area contributed by atoms with Gasteiger partial charge in [-0.1, -0.05) is 12.1 Å². The van der Waals surface area contributed by atoms with Gasteiger partial charge in [0.05, 0.1) is 7.11 Å². The number of aryl methyl sites for hydroxylation is 1. The number of nitrogens with zero attached hydrogens (tertiary/aromatic N) is 1. The Balaban J connectivity index is 2.24. The van der Waals surface area contributed by atoms with Crippen molar-refractivity contribution in [2.75, 3.05) is 12.4 Å². The topological polar surface area (TPSA) is 111 Å². The molecular weight excluding hydrogens is 338 g/mol. The minimum atomic E-state index is -1.41. The van der Waals surface area contributed by atoms with Crippen LogP contribution >= 0.6 is 20.7 Å². The molecule has 0 fully saturated rings. The number of nitrogens with one attached hydrogen (secondary N) is 1. The van der Waals surface area contributed by atoms with Crippen LogP contribution in [0.1, 0.15) is 16.5 Å². The van der Waals surface area contributed by atoms with Gasteiger partial charge in [-0.2, -0.15) is 0 Å². The molecule has 1 aromatic carbocycles. The number of carbonyl (C=O) groups is 3. The van der Waals surface area contributed by atoms with E-state index < -0.39 is 23.6 Å². The molecule has 120 valence electrons. The van der Waals surface area contributed by atoms with E-state index in [9.17, 15) is 14.4 Å². The van der Waals surface area contributed by atoms with E-state index in [-0.39, 0.29) is 9.81 Å². The summed E-state index contributed by atoms with van der Waals surface area (Å²) in [5.74, 6) is -4.12. The number of benzene rings is 1. The van der Waals surface area contributed by atoms with Gasteiger partial charge in [0.1, 0.15) is 0 Å². The molecule has 1 amide bonds. The number of aromatic nitrogens is 1. The highest BCUT2D eigenvalue weighted by Gasteiger charge is 2.39. The van der Waals surface area contributed by atoms with E-state index in [0.717, 1.165) is 33.4 Å². The molecule has 0 spiro atoms. The quantitative estimate of drug-likeness (QED) is 0.330. The van der Waals surface area contributed by atoms with Gasteiger partial charge in [0, 0.05) is 16.0 Å². The molecule has 1 heterocycles. The van der Waals surface area contributed by atoms with Crippen LogP contribution in [0.2, 0.25) is 0 Å². The van der Waals surface area contributed by atoms with Gasteiger partial charge >= 0.3 is 10.8 Å².